The normalized spacial score (nSPS) is 20.6. The van der Waals surface area contributed by atoms with Gasteiger partial charge in [-0.15, -0.1) is 0 Å². The Bertz CT molecular complexity index is 673. The average Bonchev–Trinajstić information content (AvgIpc) is 2.81. The van der Waals surface area contributed by atoms with E-state index in [0.717, 1.165) is 11.3 Å². The zero-order valence-electron chi connectivity index (χ0n) is 15.0. The maximum absolute atomic E-state index is 12.5. The number of rotatable bonds is 3. The Morgan fingerprint density at radius 1 is 1.17 bits per heavy atom. The molecule has 0 spiro atoms. The van der Waals surface area contributed by atoms with Crippen LogP contribution in [0.15, 0.2) is 30.3 Å². The lowest BCUT2D eigenvalue weighted by Crippen LogP contribution is -2.51. The Morgan fingerprint density at radius 3 is 2.25 bits per heavy atom. The molecule has 6 heteroatoms. The number of hydrazine groups is 1. The van der Waals surface area contributed by atoms with Crippen LogP contribution in [0.1, 0.15) is 43.6 Å². The zero-order valence-corrected chi connectivity index (χ0v) is 15.0. The summed E-state index contributed by atoms with van der Waals surface area (Å²) < 4.78 is 10.2. The Hall–Kier alpha value is -2.34. The highest BCUT2D eigenvalue weighted by Gasteiger charge is 2.41. The molecule has 6 nitrogen and oxygen atoms in total. The van der Waals surface area contributed by atoms with Crippen LogP contribution >= 0.6 is 0 Å². The van der Waals surface area contributed by atoms with Crippen molar-refractivity contribution in [1.82, 2.24) is 10.4 Å². The van der Waals surface area contributed by atoms with E-state index in [1.807, 2.05) is 46.0 Å². The summed E-state index contributed by atoms with van der Waals surface area (Å²) in [7, 11) is 3.18. The van der Waals surface area contributed by atoms with Gasteiger partial charge in [0.15, 0.2) is 5.54 Å². The second-order valence-corrected chi connectivity index (χ2v) is 6.97. The van der Waals surface area contributed by atoms with Crippen molar-refractivity contribution >= 4 is 17.6 Å². The molecule has 1 aromatic carbocycles. The summed E-state index contributed by atoms with van der Waals surface area (Å²) in [6.45, 7) is 7.28. The predicted molar refractivity (Wildman–Crippen MR) is 90.9 cm³/mol. The van der Waals surface area contributed by atoms with E-state index in [0.29, 0.717) is 5.56 Å². The molecule has 1 aromatic rings. The third kappa shape index (κ3) is 3.76. The number of hydrogen-bond donors (Lipinski definition) is 1. The maximum atomic E-state index is 12.5. The smallest absolute Gasteiger partial charge is 0.337 e. The van der Waals surface area contributed by atoms with Crippen LogP contribution in [-0.2, 0) is 14.3 Å². The van der Waals surface area contributed by atoms with Gasteiger partial charge in [0.1, 0.15) is 5.60 Å². The molecule has 1 heterocycles. The van der Waals surface area contributed by atoms with E-state index in [4.69, 9.17) is 9.47 Å². The van der Waals surface area contributed by atoms with E-state index in [2.05, 4.69) is 5.43 Å². The van der Waals surface area contributed by atoms with Crippen molar-refractivity contribution in [3.63, 3.8) is 0 Å². The fourth-order valence-electron chi connectivity index (χ4n) is 2.47. The first-order chi connectivity index (χ1) is 11.1. The molecule has 1 aliphatic heterocycles. The first kappa shape index (κ1) is 18.0. The molecule has 0 fully saturated rings. The lowest BCUT2D eigenvalue weighted by atomic mass is 10.0. The van der Waals surface area contributed by atoms with Gasteiger partial charge in [0.25, 0.3) is 0 Å². The third-order valence-corrected chi connectivity index (χ3v) is 3.61. The van der Waals surface area contributed by atoms with Crippen LogP contribution < -0.4 is 5.43 Å². The minimum absolute atomic E-state index is 0.344. The predicted octanol–water partition coefficient (Wildman–Crippen LogP) is 2.36. The molecule has 1 unspecified atom stereocenters. The van der Waals surface area contributed by atoms with Gasteiger partial charge < -0.3 is 14.5 Å². The highest BCUT2D eigenvalue weighted by Crippen LogP contribution is 2.29. The topological polar surface area (TPSA) is 67.9 Å². The van der Waals surface area contributed by atoms with Crippen LogP contribution in [0.3, 0.4) is 0 Å². The standard InChI is InChI=1S/C18H24N2O4/c1-17(2,3)24-16(22)18(4)11-14(20(5)19-18)12-7-9-13(10-8-12)15(21)23-6/h7-11,19H,1-6H3. The van der Waals surface area contributed by atoms with Gasteiger partial charge in [0.2, 0.25) is 0 Å². The number of esters is 2. The Labute approximate surface area is 142 Å². The molecule has 0 saturated carbocycles. The molecule has 0 amide bonds. The van der Waals surface area contributed by atoms with E-state index < -0.39 is 11.1 Å². The Kier molecular flexibility index (Phi) is 4.71. The fraction of sp³-hybridized carbons (Fsp3) is 0.444. The van der Waals surface area contributed by atoms with Crippen molar-refractivity contribution < 1.29 is 19.1 Å². The summed E-state index contributed by atoms with van der Waals surface area (Å²) in [6.07, 6.45) is 1.83. The van der Waals surface area contributed by atoms with Gasteiger partial charge in [0, 0.05) is 7.05 Å². The van der Waals surface area contributed by atoms with E-state index in [9.17, 15) is 9.59 Å². The van der Waals surface area contributed by atoms with Crippen molar-refractivity contribution in [1.29, 1.82) is 0 Å². The number of benzene rings is 1. The van der Waals surface area contributed by atoms with Crippen molar-refractivity contribution in [3.8, 4) is 0 Å². The Balaban J connectivity index is 2.27. The van der Waals surface area contributed by atoms with E-state index >= 15 is 0 Å². The first-order valence-corrected chi connectivity index (χ1v) is 7.72. The number of hydrogen-bond acceptors (Lipinski definition) is 6. The van der Waals surface area contributed by atoms with Crippen LogP contribution in [0.25, 0.3) is 5.70 Å². The number of nitrogens with one attached hydrogen (secondary N) is 1. The molecule has 0 saturated heterocycles. The molecule has 1 aliphatic rings. The van der Waals surface area contributed by atoms with Gasteiger partial charge >= 0.3 is 11.9 Å². The van der Waals surface area contributed by atoms with E-state index in [1.165, 1.54) is 7.11 Å². The molecule has 1 N–H and O–H groups in total. The zero-order chi connectivity index (χ0) is 18.1. The molecule has 0 aromatic heterocycles. The van der Waals surface area contributed by atoms with Crippen LogP contribution in [0.5, 0.6) is 0 Å². The summed E-state index contributed by atoms with van der Waals surface area (Å²) in [5.74, 6) is -0.727. The summed E-state index contributed by atoms with van der Waals surface area (Å²) in [5, 5.41) is 1.77. The van der Waals surface area contributed by atoms with Crippen molar-refractivity contribution in [2.45, 2.75) is 38.8 Å². The highest BCUT2D eigenvalue weighted by atomic mass is 16.6. The number of carbonyl (C=O) groups excluding carboxylic acids is 2. The van der Waals surface area contributed by atoms with Crippen LogP contribution in [0.4, 0.5) is 0 Å². The molecule has 0 radical (unpaired) electrons. The molecule has 0 aliphatic carbocycles. The average molecular weight is 332 g/mol. The SMILES string of the molecule is COC(=O)c1ccc(C2=CC(C)(C(=O)OC(C)(C)C)NN2C)cc1. The summed E-state index contributed by atoms with van der Waals surface area (Å²) in [4.78, 5) is 24.0. The molecular weight excluding hydrogens is 308 g/mol. The number of nitrogens with zero attached hydrogens (tertiary/aromatic N) is 1. The minimum Gasteiger partial charge on any atom is -0.465 e. The van der Waals surface area contributed by atoms with Crippen LogP contribution in [0.2, 0.25) is 0 Å². The van der Waals surface area contributed by atoms with Gasteiger partial charge in [0.05, 0.1) is 18.4 Å². The van der Waals surface area contributed by atoms with Crippen LogP contribution in [-0.4, -0.2) is 42.2 Å². The lowest BCUT2D eigenvalue weighted by molar-refractivity contribution is -0.161. The van der Waals surface area contributed by atoms with Crippen LogP contribution in [0, 0.1) is 0 Å². The molecule has 2 rings (SSSR count). The second-order valence-electron chi connectivity index (χ2n) is 6.97. The largest absolute Gasteiger partial charge is 0.465 e. The maximum Gasteiger partial charge on any atom is 0.337 e. The van der Waals surface area contributed by atoms with E-state index in [1.54, 1.807) is 24.1 Å². The monoisotopic (exact) mass is 332 g/mol. The van der Waals surface area contributed by atoms with Crippen molar-refractivity contribution in [2.24, 2.45) is 0 Å². The molecule has 130 valence electrons. The number of carbonyl (C=O) groups is 2. The molecule has 0 bridgehead atoms. The first-order valence-electron chi connectivity index (χ1n) is 7.72. The molecular formula is C18H24N2O4. The summed E-state index contributed by atoms with van der Waals surface area (Å²) >= 11 is 0. The van der Waals surface area contributed by atoms with Gasteiger partial charge in [-0.05, 0) is 51.5 Å². The third-order valence-electron chi connectivity index (χ3n) is 3.61. The van der Waals surface area contributed by atoms with Crippen molar-refractivity contribution in [3.05, 3.63) is 41.5 Å². The van der Waals surface area contributed by atoms with Gasteiger partial charge in [-0.1, -0.05) is 12.1 Å². The van der Waals surface area contributed by atoms with Gasteiger partial charge in [-0.2, -0.15) is 0 Å². The summed E-state index contributed by atoms with van der Waals surface area (Å²) in [5.41, 5.74) is 3.81. The van der Waals surface area contributed by atoms with Gasteiger partial charge in [-0.25, -0.2) is 15.0 Å². The molecule has 24 heavy (non-hydrogen) atoms. The highest BCUT2D eigenvalue weighted by molar-refractivity contribution is 5.90. The Morgan fingerprint density at radius 2 is 1.75 bits per heavy atom. The second kappa shape index (κ2) is 6.28. The molecule has 1 atom stereocenters. The number of ether oxygens (including phenoxy) is 2. The van der Waals surface area contributed by atoms with E-state index in [-0.39, 0.29) is 11.9 Å². The fourth-order valence-corrected chi connectivity index (χ4v) is 2.47. The van der Waals surface area contributed by atoms with Gasteiger partial charge in [-0.3, -0.25) is 0 Å². The minimum atomic E-state index is -0.946. The summed E-state index contributed by atoms with van der Waals surface area (Å²) in [6, 6.07) is 7.02. The quantitative estimate of drug-likeness (QED) is 0.857. The number of methoxy groups -OCH3 is 1. The lowest BCUT2D eigenvalue weighted by Gasteiger charge is -2.28. The van der Waals surface area contributed by atoms with Crippen molar-refractivity contribution in [2.75, 3.05) is 14.2 Å².